The zero-order chi connectivity index (χ0) is 20.3. The number of aromatic nitrogens is 3. The number of carbonyl (C=O) groups excluding carboxylic acids is 1. The fourth-order valence-corrected chi connectivity index (χ4v) is 4.13. The number of hydrogen-bond donors (Lipinski definition) is 0. The Kier molecular flexibility index (Phi) is 5.11. The first-order valence-corrected chi connectivity index (χ1v) is 10.3. The van der Waals surface area contributed by atoms with Gasteiger partial charge in [0, 0.05) is 43.3 Å². The first-order valence-electron chi connectivity index (χ1n) is 10.3. The van der Waals surface area contributed by atoms with Gasteiger partial charge in [-0.2, -0.15) is 0 Å². The molecule has 1 saturated heterocycles. The quantitative estimate of drug-likeness (QED) is 0.669. The van der Waals surface area contributed by atoms with Crippen molar-refractivity contribution in [2.75, 3.05) is 42.6 Å². The zero-order valence-electron chi connectivity index (χ0n) is 16.7. The van der Waals surface area contributed by atoms with Gasteiger partial charge in [0.1, 0.15) is 11.6 Å². The van der Waals surface area contributed by atoms with Gasteiger partial charge in [-0.1, -0.05) is 18.2 Å². The van der Waals surface area contributed by atoms with Crippen LogP contribution in [0.3, 0.4) is 0 Å². The monoisotopic (exact) mass is 401 g/mol. The molecule has 0 spiro atoms. The summed E-state index contributed by atoms with van der Waals surface area (Å²) in [5.41, 5.74) is 4.17. The molecule has 0 bridgehead atoms. The van der Waals surface area contributed by atoms with Gasteiger partial charge in [0.25, 0.3) is 0 Å². The number of amides is 1. The molecule has 2 aromatic heterocycles. The molecule has 1 amide bonds. The third-order valence-electron chi connectivity index (χ3n) is 5.60. The molecule has 0 saturated carbocycles. The van der Waals surface area contributed by atoms with E-state index in [1.54, 1.807) is 12.4 Å². The minimum atomic E-state index is 0.0195. The second-order valence-corrected chi connectivity index (χ2v) is 7.42. The highest BCUT2D eigenvalue weighted by molar-refractivity contribution is 5.97. The van der Waals surface area contributed by atoms with Gasteiger partial charge >= 0.3 is 0 Å². The normalized spacial score (nSPS) is 15.9. The Morgan fingerprint density at radius 1 is 0.967 bits per heavy atom. The van der Waals surface area contributed by atoms with Crippen molar-refractivity contribution in [3.05, 3.63) is 66.2 Å². The number of fused-ring (bicyclic) bond motifs is 1. The van der Waals surface area contributed by atoms with Crippen LogP contribution in [0.2, 0.25) is 0 Å². The van der Waals surface area contributed by atoms with E-state index in [0.29, 0.717) is 25.6 Å². The lowest BCUT2D eigenvalue weighted by Crippen LogP contribution is -2.37. The molecule has 152 valence electrons. The summed E-state index contributed by atoms with van der Waals surface area (Å²) in [6.07, 6.45) is 4.54. The summed E-state index contributed by atoms with van der Waals surface area (Å²) in [6, 6.07) is 13.9. The molecule has 0 aliphatic carbocycles. The molecule has 3 aromatic rings. The zero-order valence-corrected chi connectivity index (χ0v) is 16.7. The maximum atomic E-state index is 13.1. The molecule has 0 radical (unpaired) electrons. The molecule has 1 fully saturated rings. The van der Waals surface area contributed by atoms with Crippen LogP contribution in [0.4, 0.5) is 11.5 Å². The minimum Gasteiger partial charge on any atom is -0.378 e. The third-order valence-corrected chi connectivity index (χ3v) is 5.60. The standard InChI is InChI=1S/C23H23N5O2/c29-23(16-21-25-10-7-22(26-21)27-12-14-30-15-13-27)28-11-8-18-17(4-3-6-20(18)28)19-5-1-2-9-24-19/h1-7,9-10H,8,11-16H2. The summed E-state index contributed by atoms with van der Waals surface area (Å²) in [6.45, 7) is 3.67. The number of anilines is 2. The van der Waals surface area contributed by atoms with Crippen molar-refractivity contribution in [3.8, 4) is 11.3 Å². The lowest BCUT2D eigenvalue weighted by molar-refractivity contribution is -0.118. The number of hydrogen-bond acceptors (Lipinski definition) is 6. The molecule has 5 rings (SSSR count). The first-order chi connectivity index (χ1) is 14.8. The Labute approximate surface area is 175 Å². The van der Waals surface area contributed by atoms with E-state index in [-0.39, 0.29) is 12.3 Å². The molecular formula is C23H23N5O2. The van der Waals surface area contributed by atoms with E-state index in [1.807, 2.05) is 41.3 Å². The van der Waals surface area contributed by atoms with Crippen molar-refractivity contribution in [3.63, 3.8) is 0 Å². The Balaban J connectivity index is 1.36. The van der Waals surface area contributed by atoms with Crippen LogP contribution in [0.1, 0.15) is 11.4 Å². The Morgan fingerprint density at radius 3 is 2.70 bits per heavy atom. The van der Waals surface area contributed by atoms with Gasteiger partial charge in [-0.25, -0.2) is 9.97 Å². The van der Waals surface area contributed by atoms with Gasteiger partial charge in [0.2, 0.25) is 5.91 Å². The minimum absolute atomic E-state index is 0.0195. The number of morpholine rings is 1. The van der Waals surface area contributed by atoms with Crippen LogP contribution < -0.4 is 9.80 Å². The number of ether oxygens (including phenoxy) is 1. The molecule has 30 heavy (non-hydrogen) atoms. The highest BCUT2D eigenvalue weighted by Gasteiger charge is 2.27. The highest BCUT2D eigenvalue weighted by Crippen LogP contribution is 2.35. The molecule has 7 nitrogen and oxygen atoms in total. The maximum absolute atomic E-state index is 13.1. The van der Waals surface area contributed by atoms with Crippen molar-refractivity contribution < 1.29 is 9.53 Å². The second kappa shape index (κ2) is 8.20. The summed E-state index contributed by atoms with van der Waals surface area (Å²) in [5, 5.41) is 0. The van der Waals surface area contributed by atoms with E-state index in [2.05, 4.69) is 25.9 Å². The highest BCUT2D eigenvalue weighted by atomic mass is 16.5. The van der Waals surface area contributed by atoms with Crippen molar-refractivity contribution in [1.82, 2.24) is 15.0 Å². The van der Waals surface area contributed by atoms with Crippen molar-refractivity contribution in [1.29, 1.82) is 0 Å². The van der Waals surface area contributed by atoms with E-state index in [0.717, 1.165) is 42.3 Å². The lowest BCUT2D eigenvalue weighted by atomic mass is 10.0. The van der Waals surface area contributed by atoms with Crippen LogP contribution in [0.15, 0.2) is 54.9 Å². The second-order valence-electron chi connectivity index (χ2n) is 7.42. The Bertz CT molecular complexity index is 1050. The number of nitrogens with zero attached hydrogens (tertiary/aromatic N) is 5. The van der Waals surface area contributed by atoms with E-state index < -0.39 is 0 Å². The van der Waals surface area contributed by atoms with Gasteiger partial charge in [-0.3, -0.25) is 9.78 Å². The van der Waals surface area contributed by atoms with Gasteiger partial charge < -0.3 is 14.5 Å². The van der Waals surface area contributed by atoms with Crippen molar-refractivity contribution >= 4 is 17.4 Å². The van der Waals surface area contributed by atoms with E-state index in [9.17, 15) is 4.79 Å². The van der Waals surface area contributed by atoms with Gasteiger partial charge in [-0.05, 0) is 36.2 Å². The van der Waals surface area contributed by atoms with Gasteiger partial charge in [-0.15, -0.1) is 0 Å². The summed E-state index contributed by atoms with van der Waals surface area (Å²) < 4.78 is 5.41. The van der Waals surface area contributed by atoms with Crippen LogP contribution in [0, 0.1) is 0 Å². The fraction of sp³-hybridized carbons (Fsp3) is 0.304. The number of benzene rings is 1. The molecule has 0 atom stereocenters. The molecule has 2 aliphatic rings. The SMILES string of the molecule is O=C(Cc1nccc(N2CCOCC2)n1)N1CCc2c(-c3ccccn3)cccc21. The Morgan fingerprint density at radius 2 is 1.87 bits per heavy atom. The van der Waals surface area contributed by atoms with Crippen molar-refractivity contribution in [2.45, 2.75) is 12.8 Å². The number of carbonyl (C=O) groups is 1. The molecule has 4 heterocycles. The molecule has 0 N–H and O–H groups in total. The predicted molar refractivity (Wildman–Crippen MR) is 114 cm³/mol. The smallest absolute Gasteiger partial charge is 0.234 e. The van der Waals surface area contributed by atoms with E-state index in [4.69, 9.17) is 4.74 Å². The average Bonchev–Trinajstić information content (AvgIpc) is 3.25. The van der Waals surface area contributed by atoms with Crippen LogP contribution in [0.5, 0.6) is 0 Å². The summed E-state index contributed by atoms with van der Waals surface area (Å²) in [7, 11) is 0. The average molecular weight is 401 g/mol. The molecule has 7 heteroatoms. The molecule has 0 unspecified atom stereocenters. The van der Waals surface area contributed by atoms with Crippen LogP contribution in [0.25, 0.3) is 11.3 Å². The van der Waals surface area contributed by atoms with Crippen LogP contribution in [-0.4, -0.2) is 53.7 Å². The van der Waals surface area contributed by atoms with Crippen LogP contribution >= 0.6 is 0 Å². The van der Waals surface area contributed by atoms with Crippen molar-refractivity contribution in [2.24, 2.45) is 0 Å². The van der Waals surface area contributed by atoms with E-state index >= 15 is 0 Å². The number of pyridine rings is 1. The summed E-state index contributed by atoms with van der Waals surface area (Å²) in [5.74, 6) is 1.43. The lowest BCUT2D eigenvalue weighted by Gasteiger charge is -2.27. The summed E-state index contributed by atoms with van der Waals surface area (Å²) >= 11 is 0. The Hall–Kier alpha value is -3.32. The van der Waals surface area contributed by atoms with Crippen LogP contribution in [-0.2, 0) is 22.4 Å². The third kappa shape index (κ3) is 3.64. The topological polar surface area (TPSA) is 71.5 Å². The predicted octanol–water partition coefficient (Wildman–Crippen LogP) is 2.51. The largest absolute Gasteiger partial charge is 0.378 e. The summed E-state index contributed by atoms with van der Waals surface area (Å²) in [4.78, 5) is 30.6. The molecule has 1 aromatic carbocycles. The van der Waals surface area contributed by atoms with E-state index in [1.165, 1.54) is 5.56 Å². The maximum Gasteiger partial charge on any atom is 0.234 e. The fourth-order valence-electron chi connectivity index (χ4n) is 4.13. The first kappa shape index (κ1) is 18.7. The van der Waals surface area contributed by atoms with Gasteiger partial charge in [0.05, 0.1) is 25.3 Å². The molecular weight excluding hydrogens is 378 g/mol. The number of rotatable bonds is 4. The van der Waals surface area contributed by atoms with Gasteiger partial charge in [0.15, 0.2) is 0 Å². The molecule has 2 aliphatic heterocycles.